The van der Waals surface area contributed by atoms with Gasteiger partial charge >= 0.3 is 0 Å². The van der Waals surface area contributed by atoms with Gasteiger partial charge in [0.15, 0.2) is 0 Å². The first-order chi connectivity index (χ1) is 7.66. The maximum atomic E-state index is 5.89. The second-order valence-electron chi connectivity index (χ2n) is 4.91. The van der Waals surface area contributed by atoms with Crippen molar-refractivity contribution in [3.05, 3.63) is 12.4 Å². The molecule has 1 fully saturated rings. The molecule has 1 aliphatic rings. The molecule has 90 valence electrons. The van der Waals surface area contributed by atoms with Crippen LogP contribution in [0.25, 0.3) is 0 Å². The highest BCUT2D eigenvalue weighted by molar-refractivity contribution is 4.81. The highest BCUT2D eigenvalue weighted by atomic mass is 16.5. The van der Waals surface area contributed by atoms with Gasteiger partial charge < -0.3 is 10.1 Å². The van der Waals surface area contributed by atoms with E-state index < -0.39 is 0 Å². The molecular weight excluding hydrogens is 204 g/mol. The smallest absolute Gasteiger partial charge is 0.0707 e. The molecule has 1 atom stereocenters. The van der Waals surface area contributed by atoms with E-state index in [2.05, 4.69) is 29.5 Å². The Kier molecular flexibility index (Phi) is 3.56. The average molecular weight is 224 g/mol. The molecule has 0 amide bonds. The van der Waals surface area contributed by atoms with Gasteiger partial charge in [-0.25, -0.2) is 0 Å². The molecule has 0 saturated carbocycles. The van der Waals surface area contributed by atoms with Gasteiger partial charge in [-0.1, -0.05) is 5.21 Å². The number of ether oxygens (including phenoxy) is 1. The minimum atomic E-state index is 0.0677. The quantitative estimate of drug-likeness (QED) is 0.753. The number of nitrogens with zero attached hydrogens (tertiary/aromatic N) is 3. The van der Waals surface area contributed by atoms with E-state index in [0.717, 1.165) is 32.5 Å². The third kappa shape index (κ3) is 3.28. The number of rotatable bonds is 5. The Morgan fingerprint density at radius 3 is 3.06 bits per heavy atom. The lowest BCUT2D eigenvalue weighted by Gasteiger charge is -2.19. The Labute approximate surface area is 96.2 Å². The largest absolute Gasteiger partial charge is 0.371 e. The van der Waals surface area contributed by atoms with Crippen molar-refractivity contribution in [2.75, 3.05) is 13.1 Å². The van der Waals surface area contributed by atoms with Gasteiger partial charge in [0.1, 0.15) is 0 Å². The number of hydrogen-bond donors (Lipinski definition) is 1. The van der Waals surface area contributed by atoms with E-state index in [4.69, 9.17) is 4.74 Å². The van der Waals surface area contributed by atoms with Crippen LogP contribution in [-0.4, -0.2) is 39.8 Å². The minimum Gasteiger partial charge on any atom is -0.371 e. The highest BCUT2D eigenvalue weighted by Gasteiger charge is 2.30. The van der Waals surface area contributed by atoms with Crippen molar-refractivity contribution in [3.8, 4) is 0 Å². The lowest BCUT2D eigenvalue weighted by molar-refractivity contribution is -0.0141. The molecule has 1 N–H and O–H groups in total. The third-order valence-electron chi connectivity index (χ3n) is 2.92. The van der Waals surface area contributed by atoms with Gasteiger partial charge in [-0.3, -0.25) is 4.68 Å². The highest BCUT2D eigenvalue weighted by Crippen LogP contribution is 2.28. The predicted molar refractivity (Wildman–Crippen MR) is 61.1 cm³/mol. The summed E-state index contributed by atoms with van der Waals surface area (Å²) in [5.41, 5.74) is 0.0677. The molecule has 0 spiro atoms. The second-order valence-corrected chi connectivity index (χ2v) is 4.91. The van der Waals surface area contributed by atoms with Crippen LogP contribution in [0.15, 0.2) is 12.4 Å². The summed E-state index contributed by atoms with van der Waals surface area (Å²) in [4.78, 5) is 0. The molecule has 2 rings (SSSR count). The van der Waals surface area contributed by atoms with E-state index in [-0.39, 0.29) is 5.60 Å². The van der Waals surface area contributed by atoms with Crippen molar-refractivity contribution < 1.29 is 4.74 Å². The molecule has 5 heteroatoms. The molecule has 0 radical (unpaired) electrons. The Bertz CT molecular complexity index is 310. The topological polar surface area (TPSA) is 52.0 Å². The molecule has 2 heterocycles. The molecular formula is C11H20N4O. The van der Waals surface area contributed by atoms with E-state index in [0.29, 0.717) is 6.10 Å². The number of nitrogens with one attached hydrogen (secondary N) is 1. The van der Waals surface area contributed by atoms with E-state index in [9.17, 15) is 0 Å². The molecule has 0 bridgehead atoms. The summed E-state index contributed by atoms with van der Waals surface area (Å²) < 4.78 is 7.71. The van der Waals surface area contributed by atoms with Crippen LogP contribution in [0.5, 0.6) is 0 Å². The van der Waals surface area contributed by atoms with Crippen LogP contribution >= 0.6 is 0 Å². The number of aromatic nitrogens is 3. The predicted octanol–water partition coefficient (Wildman–Crippen LogP) is 0.825. The molecule has 1 aliphatic heterocycles. The first-order valence-electron chi connectivity index (χ1n) is 5.88. The maximum Gasteiger partial charge on any atom is 0.0707 e. The first kappa shape index (κ1) is 11.5. The minimum absolute atomic E-state index is 0.0677. The molecule has 0 aliphatic carbocycles. The monoisotopic (exact) mass is 224 g/mol. The molecule has 5 nitrogen and oxygen atoms in total. The molecule has 1 saturated heterocycles. The summed E-state index contributed by atoms with van der Waals surface area (Å²) in [6.45, 7) is 7.00. The zero-order valence-corrected chi connectivity index (χ0v) is 10.0. The fourth-order valence-corrected chi connectivity index (χ4v) is 2.03. The summed E-state index contributed by atoms with van der Waals surface area (Å²) in [5.74, 6) is 0. The van der Waals surface area contributed by atoms with Crippen molar-refractivity contribution in [1.29, 1.82) is 0 Å². The molecule has 1 aromatic heterocycles. The Hall–Kier alpha value is -0.940. The van der Waals surface area contributed by atoms with E-state index in [1.54, 1.807) is 6.20 Å². The van der Waals surface area contributed by atoms with Crippen molar-refractivity contribution in [2.24, 2.45) is 0 Å². The summed E-state index contributed by atoms with van der Waals surface area (Å²) in [6.07, 6.45) is 6.25. The van der Waals surface area contributed by atoms with Crippen LogP contribution in [-0.2, 0) is 11.3 Å². The fraction of sp³-hybridized carbons (Fsp3) is 0.818. The van der Waals surface area contributed by atoms with Crippen LogP contribution < -0.4 is 5.32 Å². The Morgan fingerprint density at radius 2 is 2.44 bits per heavy atom. The van der Waals surface area contributed by atoms with Crippen molar-refractivity contribution >= 4 is 0 Å². The van der Waals surface area contributed by atoms with Crippen LogP contribution in [0.1, 0.15) is 26.7 Å². The lowest BCUT2D eigenvalue weighted by atomic mass is 10.1. The third-order valence-corrected chi connectivity index (χ3v) is 2.92. The maximum absolute atomic E-state index is 5.89. The summed E-state index contributed by atoms with van der Waals surface area (Å²) in [5, 5.41) is 11.1. The van der Waals surface area contributed by atoms with Gasteiger partial charge in [0.2, 0.25) is 0 Å². The normalized spacial score (nSPS) is 23.8. The first-order valence-corrected chi connectivity index (χ1v) is 5.88. The van der Waals surface area contributed by atoms with Crippen LogP contribution in [0.4, 0.5) is 0 Å². The number of hydrogen-bond acceptors (Lipinski definition) is 4. The second kappa shape index (κ2) is 4.93. The molecule has 0 aromatic carbocycles. The molecule has 1 aromatic rings. The zero-order valence-electron chi connectivity index (χ0n) is 10.0. The molecule has 16 heavy (non-hydrogen) atoms. The van der Waals surface area contributed by atoms with Gasteiger partial charge in [0, 0.05) is 19.3 Å². The van der Waals surface area contributed by atoms with Crippen LogP contribution in [0.3, 0.4) is 0 Å². The van der Waals surface area contributed by atoms with Crippen molar-refractivity contribution in [3.63, 3.8) is 0 Å². The Balaban J connectivity index is 1.59. The van der Waals surface area contributed by atoms with E-state index in [1.807, 2.05) is 10.9 Å². The van der Waals surface area contributed by atoms with E-state index >= 15 is 0 Å². The standard InChI is InChI=1S/C11H20N4O/c1-11(2)4-3-10(16-11)9-12-5-7-15-8-6-13-14-15/h6,8,10,12H,3-5,7,9H2,1-2H3. The van der Waals surface area contributed by atoms with Gasteiger partial charge in [0.05, 0.1) is 24.4 Å². The van der Waals surface area contributed by atoms with Gasteiger partial charge in [-0.05, 0) is 26.7 Å². The van der Waals surface area contributed by atoms with Crippen LogP contribution in [0.2, 0.25) is 0 Å². The summed E-state index contributed by atoms with van der Waals surface area (Å²) in [7, 11) is 0. The van der Waals surface area contributed by atoms with Crippen molar-refractivity contribution in [2.45, 2.75) is 44.9 Å². The zero-order chi connectivity index (χ0) is 11.4. The lowest BCUT2D eigenvalue weighted by Crippen LogP contribution is -2.31. The van der Waals surface area contributed by atoms with Crippen molar-refractivity contribution in [1.82, 2.24) is 20.3 Å². The Morgan fingerprint density at radius 1 is 1.56 bits per heavy atom. The van der Waals surface area contributed by atoms with Crippen LogP contribution in [0, 0.1) is 0 Å². The summed E-state index contributed by atoms with van der Waals surface area (Å²) in [6, 6.07) is 0. The SMILES string of the molecule is CC1(C)CCC(CNCCn2ccnn2)O1. The van der Waals surface area contributed by atoms with Gasteiger partial charge in [-0.2, -0.15) is 0 Å². The molecule has 1 unspecified atom stereocenters. The van der Waals surface area contributed by atoms with Gasteiger partial charge in [-0.15, -0.1) is 5.10 Å². The average Bonchev–Trinajstić information content (AvgIpc) is 2.82. The van der Waals surface area contributed by atoms with Gasteiger partial charge in [0.25, 0.3) is 0 Å². The fourth-order valence-electron chi connectivity index (χ4n) is 2.03. The van der Waals surface area contributed by atoms with E-state index in [1.165, 1.54) is 0 Å². The summed E-state index contributed by atoms with van der Waals surface area (Å²) >= 11 is 0.